The summed E-state index contributed by atoms with van der Waals surface area (Å²) in [5.41, 5.74) is 2.54. The average Bonchev–Trinajstić information content (AvgIpc) is 3.26. The van der Waals surface area contributed by atoms with E-state index in [4.69, 9.17) is 0 Å². The predicted molar refractivity (Wildman–Crippen MR) is 95.9 cm³/mol. The largest absolute Gasteiger partial charge is 0.350 e. The Morgan fingerprint density at radius 2 is 2.08 bits per heavy atom. The van der Waals surface area contributed by atoms with Crippen molar-refractivity contribution in [2.45, 2.75) is 62.9 Å². The van der Waals surface area contributed by atoms with Crippen LogP contribution in [0.5, 0.6) is 0 Å². The zero-order valence-electron chi connectivity index (χ0n) is 15.1. The van der Waals surface area contributed by atoms with Crippen LogP contribution in [0.2, 0.25) is 0 Å². The summed E-state index contributed by atoms with van der Waals surface area (Å²) in [4.78, 5) is 14.4. The number of hydrogen-bond donors (Lipinski definition) is 2. The van der Waals surface area contributed by atoms with Gasteiger partial charge in [0, 0.05) is 24.7 Å². The van der Waals surface area contributed by atoms with Crippen molar-refractivity contribution in [2.75, 3.05) is 11.4 Å². The second kappa shape index (κ2) is 6.10. The van der Waals surface area contributed by atoms with E-state index in [0.717, 1.165) is 43.9 Å². The van der Waals surface area contributed by atoms with Gasteiger partial charge in [-0.2, -0.15) is 5.10 Å². The summed E-state index contributed by atoms with van der Waals surface area (Å²) in [6.45, 7) is 0.379. The molecule has 2 aliphatic carbocycles. The van der Waals surface area contributed by atoms with Crippen molar-refractivity contribution >= 4 is 11.9 Å². The predicted octanol–water partition coefficient (Wildman–Crippen LogP) is 1.06. The quantitative estimate of drug-likeness (QED) is 0.840. The molecule has 1 aliphatic heterocycles. The Balaban J connectivity index is 1.43. The fraction of sp³-hybridized carbons (Fsp3) is 0.667. The lowest BCUT2D eigenvalue weighted by Crippen LogP contribution is -2.62. The molecule has 3 aliphatic rings. The molecule has 2 N–H and O–H groups in total. The molecule has 3 atom stereocenters. The van der Waals surface area contributed by atoms with Crippen LogP contribution in [0.4, 0.5) is 5.95 Å². The Bertz CT molecular complexity index is 825. The molecular formula is C18H25N7O. The summed E-state index contributed by atoms with van der Waals surface area (Å²) in [6, 6.07) is 0.581. The number of nitrogens with one attached hydrogen (secondary N) is 2. The van der Waals surface area contributed by atoms with E-state index in [0.29, 0.717) is 18.5 Å². The highest BCUT2D eigenvalue weighted by Crippen LogP contribution is 2.34. The first-order chi connectivity index (χ1) is 12.7. The Kier molecular flexibility index (Phi) is 3.72. The topological polar surface area (TPSA) is 91.7 Å². The van der Waals surface area contributed by atoms with E-state index in [9.17, 15) is 4.79 Å². The molecule has 8 heteroatoms. The van der Waals surface area contributed by atoms with Crippen LogP contribution >= 0.6 is 0 Å². The van der Waals surface area contributed by atoms with Crippen molar-refractivity contribution in [3.8, 4) is 0 Å². The summed E-state index contributed by atoms with van der Waals surface area (Å²) < 4.78 is 2.11. The fourth-order valence-electron chi connectivity index (χ4n) is 4.97. The van der Waals surface area contributed by atoms with Gasteiger partial charge in [0.25, 0.3) is 0 Å². The second-order valence-electron chi connectivity index (χ2n) is 7.88. The standard InChI is InChI=1S/C18H25N7O/c1-24-17(11-6-7-13-12(8-11)9-19-21-13)22-23-18(24)25-10-16(26)20-14-4-2-3-5-15(14)25/h9,11,14-15H,2-8,10H2,1H3,(H,19,21)(H,20,26). The number of nitrogens with zero attached hydrogens (tertiary/aromatic N) is 5. The zero-order chi connectivity index (χ0) is 17.7. The van der Waals surface area contributed by atoms with Crippen molar-refractivity contribution in [1.29, 1.82) is 0 Å². The van der Waals surface area contributed by atoms with E-state index < -0.39 is 0 Å². The number of amides is 1. The van der Waals surface area contributed by atoms with Crippen molar-refractivity contribution < 1.29 is 4.79 Å². The summed E-state index contributed by atoms with van der Waals surface area (Å²) in [7, 11) is 2.04. The third-order valence-corrected chi connectivity index (χ3v) is 6.31. The molecule has 0 radical (unpaired) electrons. The van der Waals surface area contributed by atoms with Gasteiger partial charge in [-0.05, 0) is 37.7 Å². The summed E-state index contributed by atoms with van der Waals surface area (Å²) in [6.07, 6.45) is 9.49. The van der Waals surface area contributed by atoms with Crippen molar-refractivity contribution in [1.82, 2.24) is 30.3 Å². The van der Waals surface area contributed by atoms with E-state index in [2.05, 4.69) is 35.2 Å². The van der Waals surface area contributed by atoms with Crippen LogP contribution in [0, 0.1) is 0 Å². The van der Waals surface area contributed by atoms with Crippen LogP contribution in [0.1, 0.15) is 55.1 Å². The fourth-order valence-corrected chi connectivity index (χ4v) is 4.97. The minimum atomic E-state index is 0.0957. The maximum Gasteiger partial charge on any atom is 0.239 e. The smallest absolute Gasteiger partial charge is 0.239 e. The third-order valence-electron chi connectivity index (χ3n) is 6.31. The number of carbonyl (C=O) groups is 1. The van der Waals surface area contributed by atoms with Gasteiger partial charge in [0.2, 0.25) is 11.9 Å². The molecule has 2 aromatic rings. The Morgan fingerprint density at radius 1 is 1.19 bits per heavy atom. The lowest BCUT2D eigenvalue weighted by atomic mass is 9.87. The van der Waals surface area contributed by atoms with Gasteiger partial charge in [-0.1, -0.05) is 12.8 Å². The van der Waals surface area contributed by atoms with Crippen LogP contribution in [-0.2, 0) is 24.7 Å². The number of H-pyrrole nitrogens is 1. The van der Waals surface area contributed by atoms with Gasteiger partial charge in [-0.15, -0.1) is 10.2 Å². The van der Waals surface area contributed by atoms with Crippen molar-refractivity contribution in [3.63, 3.8) is 0 Å². The van der Waals surface area contributed by atoms with Gasteiger partial charge < -0.3 is 14.8 Å². The normalized spacial score (nSPS) is 28.4. The lowest BCUT2D eigenvalue weighted by Gasteiger charge is -2.44. The first-order valence-electron chi connectivity index (χ1n) is 9.67. The molecule has 8 nitrogen and oxygen atoms in total. The number of carbonyl (C=O) groups excluding carboxylic acids is 1. The van der Waals surface area contributed by atoms with E-state index in [1.807, 2.05) is 13.2 Å². The molecule has 0 aromatic carbocycles. The monoisotopic (exact) mass is 355 g/mol. The van der Waals surface area contributed by atoms with Crippen molar-refractivity contribution in [3.05, 3.63) is 23.3 Å². The minimum absolute atomic E-state index is 0.0957. The molecule has 5 rings (SSSR count). The van der Waals surface area contributed by atoms with Crippen molar-refractivity contribution in [2.24, 2.45) is 7.05 Å². The first-order valence-corrected chi connectivity index (χ1v) is 9.67. The number of piperazine rings is 1. The molecule has 3 heterocycles. The number of aryl methyl sites for hydroxylation is 1. The Labute approximate surface area is 152 Å². The summed E-state index contributed by atoms with van der Waals surface area (Å²) in [5.74, 6) is 2.31. The average molecular weight is 355 g/mol. The lowest BCUT2D eigenvalue weighted by molar-refractivity contribution is -0.122. The van der Waals surface area contributed by atoms with E-state index in [1.165, 1.54) is 24.1 Å². The van der Waals surface area contributed by atoms with Crippen LogP contribution in [-0.4, -0.2) is 49.5 Å². The molecule has 3 unspecified atom stereocenters. The number of rotatable bonds is 2. The van der Waals surface area contributed by atoms with E-state index in [1.54, 1.807) is 0 Å². The molecule has 0 spiro atoms. The van der Waals surface area contributed by atoms with E-state index in [-0.39, 0.29) is 11.9 Å². The number of aromatic nitrogens is 5. The number of aromatic amines is 1. The van der Waals surface area contributed by atoms with Gasteiger partial charge in [-0.25, -0.2) is 0 Å². The number of anilines is 1. The third kappa shape index (κ3) is 2.50. The molecule has 2 aromatic heterocycles. The molecule has 26 heavy (non-hydrogen) atoms. The van der Waals surface area contributed by atoms with Crippen LogP contribution in [0.25, 0.3) is 0 Å². The SMILES string of the molecule is Cn1c(C2CCc3[nH]ncc3C2)nnc1N1CC(=O)NC2CCCCC21. The molecule has 138 valence electrons. The molecule has 1 saturated heterocycles. The van der Waals surface area contributed by atoms with Crippen LogP contribution in [0.15, 0.2) is 6.20 Å². The maximum atomic E-state index is 12.2. The van der Waals surface area contributed by atoms with Gasteiger partial charge in [0.15, 0.2) is 0 Å². The maximum absolute atomic E-state index is 12.2. The summed E-state index contributed by atoms with van der Waals surface area (Å²) >= 11 is 0. The Morgan fingerprint density at radius 3 is 3.00 bits per heavy atom. The van der Waals surface area contributed by atoms with Gasteiger partial charge in [-0.3, -0.25) is 9.89 Å². The molecule has 1 amide bonds. The minimum Gasteiger partial charge on any atom is -0.350 e. The molecule has 0 bridgehead atoms. The molecule has 1 saturated carbocycles. The second-order valence-corrected chi connectivity index (χ2v) is 7.88. The number of hydrogen-bond acceptors (Lipinski definition) is 5. The first kappa shape index (κ1) is 15.8. The highest BCUT2D eigenvalue weighted by Gasteiger charge is 2.39. The number of fused-ring (bicyclic) bond motifs is 2. The van der Waals surface area contributed by atoms with Crippen LogP contribution in [0.3, 0.4) is 0 Å². The zero-order valence-corrected chi connectivity index (χ0v) is 15.1. The highest BCUT2D eigenvalue weighted by molar-refractivity contribution is 5.83. The van der Waals surface area contributed by atoms with Gasteiger partial charge >= 0.3 is 0 Å². The van der Waals surface area contributed by atoms with Gasteiger partial charge in [0.05, 0.1) is 12.2 Å². The Hall–Kier alpha value is -2.38. The summed E-state index contributed by atoms with van der Waals surface area (Å²) in [5, 5.41) is 19.5. The molecular weight excluding hydrogens is 330 g/mol. The van der Waals surface area contributed by atoms with Crippen LogP contribution < -0.4 is 10.2 Å². The van der Waals surface area contributed by atoms with Gasteiger partial charge in [0.1, 0.15) is 12.4 Å². The van der Waals surface area contributed by atoms with E-state index >= 15 is 0 Å². The highest BCUT2D eigenvalue weighted by atomic mass is 16.2. The molecule has 2 fully saturated rings.